The number of hydrogen-bond donors (Lipinski definition) is 5. The smallest absolute Gasteiger partial charge is 0.262 e. The van der Waals surface area contributed by atoms with E-state index in [0.717, 1.165) is 157 Å². The quantitative estimate of drug-likeness (QED) is 0.0529. The molecule has 10 aromatic heterocycles. The van der Waals surface area contributed by atoms with Gasteiger partial charge in [-0.1, -0.05) is 124 Å². The molecule has 0 bridgehead atoms. The van der Waals surface area contributed by atoms with Crippen LogP contribution in [0.15, 0.2) is 122 Å². The van der Waals surface area contributed by atoms with Crippen LogP contribution in [0.4, 0.5) is 0 Å². The SMILES string of the molecule is CC(C)CCc1nc2c(cnn2C2CCOCC2)c(=O)[nH]1.COc1ccc(Cc2nc3c(cnn3C3CCOCC3)c(=O)[nH]2)c(Cl)c1.Cc1ccccc1Cc1nc2c(cnn2C2CCOCC2)c(=O)[nH]1.O=c1[nH]c(CC2CCCCCC2)nc2c1cnn2C1CCOCC1.O=c1[nH]c(Cc2ccccc2Cl)nc2c1cnn2C1CCOCC1. The van der Waals surface area contributed by atoms with E-state index in [1.54, 1.807) is 44.2 Å². The van der Waals surface area contributed by atoms with Crippen LogP contribution in [-0.4, -0.2) is 172 Å². The Kier molecular flexibility index (Phi) is 27.9. The third kappa shape index (κ3) is 20.6. The lowest BCUT2D eigenvalue weighted by Crippen LogP contribution is -2.22. The van der Waals surface area contributed by atoms with E-state index in [9.17, 15) is 24.0 Å². The van der Waals surface area contributed by atoms with E-state index in [1.807, 2.05) is 71.9 Å². The van der Waals surface area contributed by atoms with Crippen LogP contribution in [0.5, 0.6) is 5.75 Å². The molecule has 6 aliphatic rings. The molecule has 31 nitrogen and oxygen atoms in total. The minimum absolute atomic E-state index is 0.0538. The Balaban J connectivity index is 0.000000116. The van der Waals surface area contributed by atoms with Crippen molar-refractivity contribution in [2.45, 2.75) is 192 Å². The summed E-state index contributed by atoms with van der Waals surface area (Å²) in [6.45, 7) is 13.7. The lowest BCUT2D eigenvalue weighted by molar-refractivity contribution is 0.0672. The molecule has 0 amide bonds. The number of aromatic amines is 5. The highest BCUT2D eigenvalue weighted by molar-refractivity contribution is 6.31. The molecule has 5 saturated heterocycles. The molecule has 0 radical (unpaired) electrons. The first-order chi connectivity index (χ1) is 58.1. The first-order valence-corrected chi connectivity index (χ1v) is 42.6. The molecular weight excluding hydrogens is 1560 g/mol. The summed E-state index contributed by atoms with van der Waals surface area (Å²) in [5.74, 6) is 5.34. The minimum atomic E-state index is -0.187. The summed E-state index contributed by atoms with van der Waals surface area (Å²) >= 11 is 12.5. The van der Waals surface area contributed by atoms with E-state index < -0.39 is 0 Å². The number of benzene rings is 3. The van der Waals surface area contributed by atoms with Crippen molar-refractivity contribution in [3.63, 3.8) is 0 Å². The summed E-state index contributed by atoms with van der Waals surface area (Å²) in [6.07, 6.45) is 29.1. The normalized spacial score (nSPS) is 17.0. The molecule has 119 heavy (non-hydrogen) atoms. The van der Waals surface area contributed by atoms with Gasteiger partial charge in [-0.05, 0) is 130 Å². The Hall–Kier alpha value is -10.4. The van der Waals surface area contributed by atoms with E-state index >= 15 is 0 Å². The van der Waals surface area contributed by atoms with E-state index in [1.165, 1.54) is 44.1 Å². The van der Waals surface area contributed by atoms with Gasteiger partial charge < -0.3 is 53.3 Å². The molecule has 6 fully saturated rings. The van der Waals surface area contributed by atoms with Crippen molar-refractivity contribution in [3.05, 3.63) is 211 Å². The van der Waals surface area contributed by atoms with Crippen molar-refractivity contribution >= 4 is 78.4 Å². The Morgan fingerprint density at radius 3 is 1.07 bits per heavy atom. The van der Waals surface area contributed by atoms with Crippen molar-refractivity contribution in [2.24, 2.45) is 11.8 Å². The van der Waals surface area contributed by atoms with Crippen LogP contribution in [0, 0.1) is 18.8 Å². The topological polar surface area (TPSA) is 373 Å². The molecule has 0 unspecified atom stereocenters. The maximum atomic E-state index is 12.4. The summed E-state index contributed by atoms with van der Waals surface area (Å²) in [6, 6.07) is 22.4. The maximum absolute atomic E-state index is 12.4. The highest BCUT2D eigenvalue weighted by atomic mass is 35.5. The van der Waals surface area contributed by atoms with Crippen LogP contribution in [0.1, 0.15) is 205 Å². The maximum Gasteiger partial charge on any atom is 0.262 e. The second-order valence-corrected chi connectivity index (χ2v) is 32.7. The summed E-state index contributed by atoms with van der Waals surface area (Å²) < 4.78 is 41.7. The average Bonchev–Trinajstić information content (AvgIpc) is 1.68. The zero-order valence-corrected chi connectivity index (χ0v) is 69.4. The van der Waals surface area contributed by atoms with Crippen molar-refractivity contribution in [1.82, 2.24) is 98.7 Å². The monoisotopic (exact) mass is 1660 g/mol. The molecule has 1 aliphatic carbocycles. The van der Waals surface area contributed by atoms with E-state index in [-0.39, 0.29) is 58.0 Å². The number of halogens is 2. The molecule has 0 atom stereocenters. The van der Waals surface area contributed by atoms with Gasteiger partial charge in [0, 0.05) is 108 Å². The van der Waals surface area contributed by atoms with Gasteiger partial charge in [0.15, 0.2) is 28.2 Å². The third-order valence-corrected chi connectivity index (χ3v) is 23.9. The lowest BCUT2D eigenvalue weighted by Gasteiger charge is -2.22. The van der Waals surface area contributed by atoms with Gasteiger partial charge in [-0.15, -0.1) is 0 Å². The predicted octanol–water partition coefficient (Wildman–Crippen LogP) is 12.9. The highest BCUT2D eigenvalue weighted by Gasteiger charge is 2.28. The second-order valence-electron chi connectivity index (χ2n) is 31.9. The van der Waals surface area contributed by atoms with Crippen molar-refractivity contribution in [3.8, 4) is 5.75 Å². The molecule has 13 aromatic rings. The number of aromatic nitrogens is 20. The number of nitrogens with one attached hydrogen (secondary N) is 5. The zero-order valence-electron chi connectivity index (χ0n) is 67.9. The van der Waals surface area contributed by atoms with Gasteiger partial charge in [-0.25, -0.2) is 48.3 Å². The molecule has 19 rings (SSSR count). The van der Waals surface area contributed by atoms with E-state index in [2.05, 4.69) is 98.3 Å². The molecule has 1 saturated carbocycles. The average molecular weight is 1660 g/mol. The van der Waals surface area contributed by atoms with Gasteiger partial charge in [0.1, 0.15) is 61.8 Å². The summed E-state index contributed by atoms with van der Waals surface area (Å²) in [5.41, 5.74) is 6.91. The lowest BCUT2D eigenvalue weighted by atomic mass is 9.96. The van der Waals surface area contributed by atoms with Gasteiger partial charge in [0.25, 0.3) is 27.8 Å². The number of hydrogen-bond acceptors (Lipinski definition) is 21. The number of rotatable bonds is 17. The van der Waals surface area contributed by atoms with E-state index in [0.29, 0.717) is 140 Å². The van der Waals surface area contributed by atoms with Crippen LogP contribution in [-0.2, 0) is 55.8 Å². The Labute approximate surface area is 695 Å². The van der Waals surface area contributed by atoms with Gasteiger partial charge in [0.05, 0.1) is 68.3 Å². The number of methoxy groups -OCH3 is 1. The molecule has 3 aromatic carbocycles. The third-order valence-electron chi connectivity index (χ3n) is 23.2. The van der Waals surface area contributed by atoms with Crippen LogP contribution in [0.2, 0.25) is 10.0 Å². The molecule has 5 aliphatic heterocycles. The van der Waals surface area contributed by atoms with Crippen molar-refractivity contribution < 1.29 is 28.4 Å². The fraction of sp³-hybridized carbons (Fsp3) is 0.500. The number of nitrogens with zero attached hydrogens (tertiary/aromatic N) is 15. The van der Waals surface area contributed by atoms with Crippen LogP contribution < -0.4 is 32.5 Å². The second kappa shape index (κ2) is 39.6. The molecule has 5 N–H and O–H groups in total. The summed E-state index contributed by atoms with van der Waals surface area (Å²) in [4.78, 5) is 99.7. The van der Waals surface area contributed by atoms with Crippen LogP contribution >= 0.6 is 23.2 Å². The standard InChI is InChI=1S/C18H19ClN4O3.C18H20N4O2.C18H26N4O2.C17H17ClN4O2.C15H22N4O2/c1-25-13-3-2-11(15(19)9-13)8-16-21-17-14(18(24)22-16)10-20-23(17)12-4-6-26-7-5-12;1-12-4-2-3-5-13(12)10-16-20-17-15(18(23)21-16)11-19-22(17)14-6-8-24-9-7-14;23-18-15-12-19-22(14-7-9-24-10-8-14)17(15)20-16(21-18)11-13-5-3-1-2-4-6-13;18-14-4-2-1-3-11(14)9-15-20-16-13(17(23)21-15)10-19-22(16)12-5-7-24-8-6-12;1-10(2)3-4-13-17-14-12(15(20)18-13)9-16-19(14)11-5-7-21-8-6-11/h2-3,9-10,12H,4-8H2,1H3,(H,21,22,24);2-5,11,14H,6-10H2,1H3,(H,20,21,23);12-14H,1-11H2,(H,20,21,23);1-4,10,12H,5-9H2,(H,20,21,23);9-11H,3-8H2,1-2H3,(H,17,18,20). The van der Waals surface area contributed by atoms with Crippen molar-refractivity contribution in [1.29, 1.82) is 0 Å². The Bertz CT molecular complexity index is 5750. The molecule has 0 spiro atoms. The van der Waals surface area contributed by atoms with Crippen LogP contribution in [0.3, 0.4) is 0 Å². The predicted molar refractivity (Wildman–Crippen MR) is 453 cm³/mol. The minimum Gasteiger partial charge on any atom is -0.497 e. The largest absolute Gasteiger partial charge is 0.497 e. The van der Waals surface area contributed by atoms with Crippen LogP contribution in [0.25, 0.3) is 55.2 Å². The Morgan fingerprint density at radius 1 is 0.395 bits per heavy atom. The highest BCUT2D eigenvalue weighted by Crippen LogP contribution is 2.32. The molecule has 628 valence electrons. The number of H-pyrrole nitrogens is 5. The first-order valence-electron chi connectivity index (χ1n) is 41.9. The molecular formula is C86H104Cl2N20O11. The Morgan fingerprint density at radius 2 is 0.714 bits per heavy atom. The molecule has 33 heteroatoms. The molecule has 15 heterocycles. The summed E-state index contributed by atoms with van der Waals surface area (Å²) in [7, 11) is 1.59. The fourth-order valence-electron chi connectivity index (χ4n) is 16.4. The van der Waals surface area contributed by atoms with Crippen molar-refractivity contribution in [2.75, 3.05) is 73.2 Å². The summed E-state index contributed by atoms with van der Waals surface area (Å²) in [5, 5.41) is 26.1. The van der Waals surface area contributed by atoms with Gasteiger partial charge in [-0.3, -0.25) is 24.0 Å². The number of aryl methyl sites for hydroxylation is 2. The van der Waals surface area contributed by atoms with E-state index in [4.69, 9.17) is 61.6 Å². The van der Waals surface area contributed by atoms with Gasteiger partial charge >= 0.3 is 0 Å². The number of ether oxygens (including phenoxy) is 6. The van der Waals surface area contributed by atoms with Gasteiger partial charge in [-0.2, -0.15) is 25.5 Å². The van der Waals surface area contributed by atoms with Gasteiger partial charge in [0.2, 0.25) is 0 Å². The zero-order chi connectivity index (χ0) is 82.3. The fourth-order valence-corrected chi connectivity index (χ4v) is 16.9. The first kappa shape index (κ1) is 83.6. The number of fused-ring (bicyclic) bond motifs is 5.